The molecule has 2 N–H and O–H groups in total. The predicted octanol–water partition coefficient (Wildman–Crippen LogP) is 2.08. The molecule has 4 rings (SSSR count). The van der Waals surface area contributed by atoms with E-state index in [0.29, 0.717) is 22.3 Å². The van der Waals surface area contributed by atoms with Crippen LogP contribution in [0.3, 0.4) is 0 Å². The van der Waals surface area contributed by atoms with Crippen LogP contribution in [0, 0.1) is 0 Å². The number of fused-ring (bicyclic) bond motifs is 2. The fourth-order valence-electron chi connectivity index (χ4n) is 2.59. The maximum Gasteiger partial charge on any atom is 0.287 e. The lowest BCUT2D eigenvalue weighted by Crippen LogP contribution is -2.24. The molecular formula is C18H13N3O4. The number of aromatic nitrogens is 2. The van der Waals surface area contributed by atoms with Crippen LogP contribution in [0.2, 0.25) is 0 Å². The van der Waals surface area contributed by atoms with Gasteiger partial charge in [0.1, 0.15) is 17.0 Å². The molecule has 124 valence electrons. The number of carbonyl (C=O) groups is 1. The molecule has 25 heavy (non-hydrogen) atoms. The number of nitrogens with one attached hydrogen (secondary N) is 1. The Morgan fingerprint density at radius 2 is 2.04 bits per heavy atom. The summed E-state index contributed by atoms with van der Waals surface area (Å²) in [5.41, 5.74) is 1.36. The Morgan fingerprint density at radius 3 is 2.92 bits per heavy atom. The van der Waals surface area contributed by atoms with Crippen molar-refractivity contribution >= 4 is 22.5 Å². The van der Waals surface area contributed by atoms with Crippen molar-refractivity contribution in [2.75, 3.05) is 0 Å². The standard InChI is InChI=1S/C18H13N3O4/c22-12-5-6-17-20-11(9-21(17)10-12)8-19-18(24)16-7-14(23)13-3-1-2-4-15(13)25-16/h1-7,9-10,22H,8H2,(H,19,24). The number of para-hydroxylation sites is 1. The smallest absolute Gasteiger partial charge is 0.287 e. The molecule has 7 nitrogen and oxygen atoms in total. The normalized spacial score (nSPS) is 11.0. The summed E-state index contributed by atoms with van der Waals surface area (Å²) in [4.78, 5) is 28.6. The lowest BCUT2D eigenvalue weighted by molar-refractivity contribution is 0.0923. The van der Waals surface area contributed by atoms with Crippen molar-refractivity contribution in [2.24, 2.45) is 0 Å². The van der Waals surface area contributed by atoms with Gasteiger partial charge in [0, 0.05) is 12.3 Å². The van der Waals surface area contributed by atoms with E-state index in [9.17, 15) is 14.7 Å². The second-order valence-electron chi connectivity index (χ2n) is 5.54. The molecule has 0 spiro atoms. The van der Waals surface area contributed by atoms with Crippen molar-refractivity contribution in [1.29, 1.82) is 0 Å². The average molecular weight is 335 g/mol. The minimum atomic E-state index is -0.497. The molecule has 0 saturated carbocycles. The van der Waals surface area contributed by atoms with Crippen LogP contribution in [0.1, 0.15) is 16.2 Å². The van der Waals surface area contributed by atoms with Gasteiger partial charge in [-0.1, -0.05) is 12.1 Å². The van der Waals surface area contributed by atoms with Crippen molar-refractivity contribution in [1.82, 2.24) is 14.7 Å². The van der Waals surface area contributed by atoms with Crippen LogP contribution in [0.5, 0.6) is 5.75 Å². The van der Waals surface area contributed by atoms with Crippen molar-refractivity contribution in [3.8, 4) is 5.75 Å². The molecule has 0 aliphatic heterocycles. The zero-order valence-corrected chi connectivity index (χ0v) is 13.0. The summed E-state index contributed by atoms with van der Waals surface area (Å²) >= 11 is 0. The third-order valence-corrected chi connectivity index (χ3v) is 3.77. The van der Waals surface area contributed by atoms with Crippen molar-refractivity contribution < 1.29 is 14.3 Å². The van der Waals surface area contributed by atoms with E-state index in [2.05, 4.69) is 10.3 Å². The fraction of sp³-hybridized carbons (Fsp3) is 0.0556. The second-order valence-corrected chi connectivity index (χ2v) is 5.54. The molecule has 1 aromatic carbocycles. The highest BCUT2D eigenvalue weighted by Crippen LogP contribution is 2.13. The minimum Gasteiger partial charge on any atom is -0.506 e. The van der Waals surface area contributed by atoms with Gasteiger partial charge in [0.05, 0.1) is 23.8 Å². The summed E-state index contributed by atoms with van der Waals surface area (Å²) in [5, 5.41) is 12.6. The molecule has 0 bridgehead atoms. The Morgan fingerprint density at radius 1 is 1.20 bits per heavy atom. The van der Waals surface area contributed by atoms with Crippen LogP contribution in [0.4, 0.5) is 0 Å². The van der Waals surface area contributed by atoms with Gasteiger partial charge in [-0.05, 0) is 24.3 Å². The average Bonchev–Trinajstić information content (AvgIpc) is 3.01. The molecule has 1 amide bonds. The number of hydrogen-bond donors (Lipinski definition) is 2. The summed E-state index contributed by atoms with van der Waals surface area (Å²) < 4.78 is 7.16. The third kappa shape index (κ3) is 2.83. The van der Waals surface area contributed by atoms with Gasteiger partial charge in [0.15, 0.2) is 11.2 Å². The van der Waals surface area contributed by atoms with Crippen molar-refractivity contribution in [3.63, 3.8) is 0 Å². The van der Waals surface area contributed by atoms with Crippen LogP contribution in [0.15, 0.2) is 64.1 Å². The highest BCUT2D eigenvalue weighted by Gasteiger charge is 2.12. The van der Waals surface area contributed by atoms with Gasteiger partial charge in [-0.3, -0.25) is 9.59 Å². The molecule has 0 fully saturated rings. The molecule has 0 radical (unpaired) electrons. The van der Waals surface area contributed by atoms with Crippen LogP contribution < -0.4 is 10.7 Å². The van der Waals surface area contributed by atoms with Gasteiger partial charge >= 0.3 is 0 Å². The molecule has 0 saturated heterocycles. The Kier molecular flexibility index (Phi) is 3.46. The summed E-state index contributed by atoms with van der Waals surface area (Å²) in [6, 6.07) is 11.1. The fourth-order valence-corrected chi connectivity index (χ4v) is 2.59. The number of benzene rings is 1. The molecule has 3 aromatic heterocycles. The van der Waals surface area contributed by atoms with Gasteiger partial charge in [-0.25, -0.2) is 4.98 Å². The predicted molar refractivity (Wildman–Crippen MR) is 90.5 cm³/mol. The quantitative estimate of drug-likeness (QED) is 0.597. The Balaban J connectivity index is 1.56. The number of pyridine rings is 1. The third-order valence-electron chi connectivity index (χ3n) is 3.77. The van der Waals surface area contributed by atoms with E-state index in [1.165, 1.54) is 18.3 Å². The van der Waals surface area contributed by atoms with Crippen LogP contribution >= 0.6 is 0 Å². The number of carbonyl (C=O) groups excluding carboxylic acids is 1. The molecule has 7 heteroatoms. The van der Waals surface area contributed by atoms with Crippen LogP contribution in [-0.4, -0.2) is 20.4 Å². The second kappa shape index (κ2) is 5.79. The van der Waals surface area contributed by atoms with Gasteiger partial charge in [0.25, 0.3) is 5.91 Å². The first-order chi connectivity index (χ1) is 12.1. The van der Waals surface area contributed by atoms with E-state index in [1.54, 1.807) is 40.9 Å². The number of amides is 1. The van der Waals surface area contributed by atoms with E-state index in [0.717, 1.165) is 0 Å². The highest BCUT2D eigenvalue weighted by molar-refractivity contribution is 5.93. The first kappa shape index (κ1) is 14.9. The molecule has 0 unspecified atom stereocenters. The minimum absolute atomic E-state index is 0.0508. The molecule has 0 aliphatic rings. The Labute approximate surface area is 141 Å². The molecule has 0 aliphatic carbocycles. The van der Waals surface area contributed by atoms with Gasteiger partial charge in [-0.2, -0.15) is 0 Å². The van der Waals surface area contributed by atoms with Gasteiger partial charge in [0.2, 0.25) is 0 Å². The SMILES string of the molecule is O=C(NCc1cn2cc(O)ccc2n1)c1cc(=O)c2ccccc2o1. The van der Waals surface area contributed by atoms with E-state index >= 15 is 0 Å². The van der Waals surface area contributed by atoms with Crippen LogP contribution in [0.25, 0.3) is 16.6 Å². The number of nitrogens with zero attached hydrogens (tertiary/aromatic N) is 2. The highest BCUT2D eigenvalue weighted by atomic mass is 16.3. The lowest BCUT2D eigenvalue weighted by atomic mass is 10.2. The summed E-state index contributed by atoms with van der Waals surface area (Å²) in [5.74, 6) is -0.425. The van der Waals surface area contributed by atoms with Crippen molar-refractivity contribution in [3.05, 3.63) is 76.5 Å². The van der Waals surface area contributed by atoms with E-state index in [1.807, 2.05) is 0 Å². The maximum absolute atomic E-state index is 12.3. The molecule has 4 aromatic rings. The largest absolute Gasteiger partial charge is 0.506 e. The number of aromatic hydroxyl groups is 1. The first-order valence-electron chi connectivity index (χ1n) is 7.58. The van der Waals surface area contributed by atoms with E-state index < -0.39 is 5.91 Å². The van der Waals surface area contributed by atoms with Gasteiger partial charge in [-0.15, -0.1) is 0 Å². The Hall–Kier alpha value is -3.61. The molecular weight excluding hydrogens is 322 g/mol. The molecule has 0 atom stereocenters. The number of hydrogen-bond acceptors (Lipinski definition) is 5. The summed E-state index contributed by atoms with van der Waals surface area (Å²) in [6.45, 7) is 0.164. The summed E-state index contributed by atoms with van der Waals surface area (Å²) in [6.07, 6.45) is 3.22. The Bertz CT molecular complexity index is 1160. The summed E-state index contributed by atoms with van der Waals surface area (Å²) in [7, 11) is 0. The first-order valence-corrected chi connectivity index (χ1v) is 7.58. The maximum atomic E-state index is 12.3. The van der Waals surface area contributed by atoms with Crippen LogP contribution in [-0.2, 0) is 6.54 Å². The van der Waals surface area contributed by atoms with Gasteiger partial charge < -0.3 is 19.2 Å². The monoisotopic (exact) mass is 335 g/mol. The zero-order valence-electron chi connectivity index (χ0n) is 13.0. The van der Waals surface area contributed by atoms with E-state index in [4.69, 9.17) is 4.42 Å². The van der Waals surface area contributed by atoms with E-state index in [-0.39, 0.29) is 23.5 Å². The zero-order chi connectivity index (χ0) is 17.4. The molecule has 3 heterocycles. The lowest BCUT2D eigenvalue weighted by Gasteiger charge is -2.03. The number of rotatable bonds is 3. The topological polar surface area (TPSA) is 96.8 Å². The number of imidazole rings is 1. The van der Waals surface area contributed by atoms with Crippen molar-refractivity contribution in [2.45, 2.75) is 6.54 Å².